The first-order chi connectivity index (χ1) is 17.1. The number of rotatable bonds is 15. The highest BCUT2D eigenvalue weighted by molar-refractivity contribution is 5.62. The smallest absolute Gasteiger partial charge is 0.434 e. The van der Waals surface area contributed by atoms with Gasteiger partial charge in [-0.15, -0.1) is 0 Å². The molecule has 0 spiro atoms. The summed E-state index contributed by atoms with van der Waals surface area (Å²) in [5.74, 6) is 1.56. The minimum atomic E-state index is -0.834. The van der Waals surface area contributed by atoms with E-state index in [4.69, 9.17) is 28.4 Å². The molecule has 9 heteroatoms. The number of carbonyl (C=O) groups excluding carboxylic acids is 3. The van der Waals surface area contributed by atoms with Crippen molar-refractivity contribution in [3.63, 3.8) is 0 Å². The predicted octanol–water partition coefficient (Wildman–Crippen LogP) is 7.04. The first-order valence-corrected chi connectivity index (χ1v) is 13.6. The number of ether oxygens (including phenoxy) is 6. The third kappa shape index (κ3) is 15.7. The van der Waals surface area contributed by atoms with Gasteiger partial charge in [0, 0.05) is 6.42 Å². The molecule has 1 aliphatic rings. The van der Waals surface area contributed by atoms with Crippen LogP contribution in [0.5, 0.6) is 0 Å². The van der Waals surface area contributed by atoms with E-state index in [2.05, 4.69) is 41.5 Å². The Morgan fingerprint density at radius 1 is 0.583 bits per heavy atom. The van der Waals surface area contributed by atoms with Crippen molar-refractivity contribution in [3.8, 4) is 0 Å². The molecule has 1 saturated carbocycles. The van der Waals surface area contributed by atoms with Crippen LogP contribution in [0.15, 0.2) is 0 Å². The molecular weight excluding hydrogens is 468 g/mol. The molecule has 0 saturated heterocycles. The molecule has 36 heavy (non-hydrogen) atoms. The summed E-state index contributed by atoms with van der Waals surface area (Å²) in [5.41, 5.74) is 0. The Balaban J connectivity index is 2.59. The van der Waals surface area contributed by atoms with Gasteiger partial charge in [-0.25, -0.2) is 14.4 Å². The summed E-state index contributed by atoms with van der Waals surface area (Å²) in [5, 5.41) is 0. The summed E-state index contributed by atoms with van der Waals surface area (Å²) in [6.45, 7) is 13.4. The fourth-order valence-electron chi connectivity index (χ4n) is 3.86. The third-order valence-corrected chi connectivity index (χ3v) is 5.88. The molecule has 9 nitrogen and oxygen atoms in total. The van der Waals surface area contributed by atoms with Crippen LogP contribution in [0.3, 0.4) is 0 Å². The van der Waals surface area contributed by atoms with Crippen molar-refractivity contribution >= 4 is 18.5 Å². The van der Waals surface area contributed by atoms with Gasteiger partial charge < -0.3 is 28.4 Å². The maximum absolute atomic E-state index is 12.3. The monoisotopic (exact) mass is 516 g/mol. The van der Waals surface area contributed by atoms with Crippen LogP contribution >= 0.6 is 0 Å². The maximum Gasteiger partial charge on any atom is 0.508 e. The highest BCUT2D eigenvalue weighted by atomic mass is 16.8. The molecule has 0 aliphatic heterocycles. The lowest BCUT2D eigenvalue weighted by molar-refractivity contribution is -0.0984. The Hall–Kier alpha value is -2.19. The van der Waals surface area contributed by atoms with E-state index in [0.29, 0.717) is 37.2 Å². The van der Waals surface area contributed by atoms with Crippen molar-refractivity contribution in [1.82, 2.24) is 0 Å². The summed E-state index contributed by atoms with van der Waals surface area (Å²) >= 11 is 0. The van der Waals surface area contributed by atoms with E-state index < -0.39 is 36.8 Å². The Bertz CT molecular complexity index is 633. The minimum absolute atomic E-state index is 0.174. The van der Waals surface area contributed by atoms with Gasteiger partial charge in [-0.05, 0) is 69.1 Å². The lowest BCUT2D eigenvalue weighted by atomic mass is 9.92. The standard InChI is InChI=1S/C27H48O9/c1-19(2)10-7-15-31-25(28)34-22-13-14-23(35-26(29)32-16-8-11-20(3)4)24(18-22)36-27(30)33-17-9-12-21(5)6/h19-24H,7-18H2,1-6H3. The minimum Gasteiger partial charge on any atom is -0.434 e. The summed E-state index contributed by atoms with van der Waals surface area (Å²) < 4.78 is 31.9. The second kappa shape index (κ2) is 18.1. The largest absolute Gasteiger partial charge is 0.508 e. The predicted molar refractivity (Wildman–Crippen MR) is 135 cm³/mol. The van der Waals surface area contributed by atoms with Gasteiger partial charge >= 0.3 is 18.5 Å². The van der Waals surface area contributed by atoms with Crippen LogP contribution in [0.25, 0.3) is 0 Å². The molecule has 1 aliphatic carbocycles. The fourth-order valence-corrected chi connectivity index (χ4v) is 3.86. The van der Waals surface area contributed by atoms with E-state index in [9.17, 15) is 14.4 Å². The van der Waals surface area contributed by atoms with E-state index in [-0.39, 0.29) is 19.6 Å². The molecule has 0 amide bonds. The van der Waals surface area contributed by atoms with Crippen LogP contribution < -0.4 is 0 Å². The second-order valence-electron chi connectivity index (χ2n) is 10.8. The molecule has 0 aromatic heterocycles. The zero-order valence-electron chi connectivity index (χ0n) is 23.1. The number of hydrogen-bond acceptors (Lipinski definition) is 9. The molecular formula is C27H48O9. The van der Waals surface area contributed by atoms with Crippen LogP contribution in [0.1, 0.15) is 99.3 Å². The molecule has 0 aromatic rings. The topological polar surface area (TPSA) is 107 Å². The van der Waals surface area contributed by atoms with Gasteiger partial charge in [-0.2, -0.15) is 0 Å². The highest BCUT2D eigenvalue weighted by Gasteiger charge is 2.38. The summed E-state index contributed by atoms with van der Waals surface area (Å²) in [6.07, 6.45) is 1.59. The van der Waals surface area contributed by atoms with E-state index >= 15 is 0 Å². The van der Waals surface area contributed by atoms with Crippen LogP contribution in [0.2, 0.25) is 0 Å². The van der Waals surface area contributed by atoms with Crippen molar-refractivity contribution in [2.75, 3.05) is 19.8 Å². The van der Waals surface area contributed by atoms with Crippen molar-refractivity contribution < 1.29 is 42.8 Å². The van der Waals surface area contributed by atoms with Gasteiger partial charge in [0.1, 0.15) is 18.3 Å². The molecule has 0 radical (unpaired) electrons. The molecule has 0 aromatic carbocycles. The average molecular weight is 517 g/mol. The summed E-state index contributed by atoms with van der Waals surface area (Å²) in [6, 6.07) is 0. The van der Waals surface area contributed by atoms with Gasteiger partial charge in [-0.1, -0.05) is 41.5 Å². The van der Waals surface area contributed by atoms with Gasteiger partial charge in [0.15, 0.2) is 0 Å². The third-order valence-electron chi connectivity index (χ3n) is 5.88. The highest BCUT2D eigenvalue weighted by Crippen LogP contribution is 2.28. The quantitative estimate of drug-likeness (QED) is 0.129. The lowest BCUT2D eigenvalue weighted by Gasteiger charge is -2.33. The van der Waals surface area contributed by atoms with E-state index in [1.165, 1.54) is 0 Å². The molecule has 0 N–H and O–H groups in total. The first kappa shape index (κ1) is 31.8. The summed E-state index contributed by atoms with van der Waals surface area (Å²) in [7, 11) is 0. The molecule has 3 unspecified atom stereocenters. The van der Waals surface area contributed by atoms with Crippen molar-refractivity contribution in [2.45, 2.75) is 118 Å². The zero-order chi connectivity index (χ0) is 26.9. The average Bonchev–Trinajstić information content (AvgIpc) is 2.78. The van der Waals surface area contributed by atoms with E-state index in [0.717, 1.165) is 38.5 Å². The van der Waals surface area contributed by atoms with Crippen molar-refractivity contribution in [1.29, 1.82) is 0 Å². The first-order valence-electron chi connectivity index (χ1n) is 13.6. The molecule has 3 atom stereocenters. The number of hydrogen-bond donors (Lipinski definition) is 0. The van der Waals surface area contributed by atoms with Gasteiger partial charge in [0.2, 0.25) is 0 Å². The van der Waals surface area contributed by atoms with E-state index in [1.807, 2.05) is 0 Å². The molecule has 1 rings (SSSR count). The molecule has 0 bridgehead atoms. The van der Waals surface area contributed by atoms with Gasteiger partial charge in [0.05, 0.1) is 19.8 Å². The number of carbonyl (C=O) groups is 3. The Labute approximate surface area is 216 Å². The van der Waals surface area contributed by atoms with Crippen LogP contribution in [0.4, 0.5) is 14.4 Å². The van der Waals surface area contributed by atoms with Crippen LogP contribution in [0, 0.1) is 17.8 Å². The summed E-state index contributed by atoms with van der Waals surface area (Å²) in [4.78, 5) is 36.6. The van der Waals surface area contributed by atoms with Gasteiger partial charge in [0.25, 0.3) is 0 Å². The Kier molecular flexibility index (Phi) is 16.0. The van der Waals surface area contributed by atoms with Gasteiger partial charge in [-0.3, -0.25) is 0 Å². The van der Waals surface area contributed by atoms with Crippen LogP contribution in [-0.4, -0.2) is 56.6 Å². The SMILES string of the molecule is CC(C)CCCOC(=O)OC1CCC(OC(=O)OCCCC(C)C)C(OC(=O)OCCCC(C)C)C1. The van der Waals surface area contributed by atoms with E-state index in [1.54, 1.807) is 0 Å². The Morgan fingerprint density at radius 2 is 0.972 bits per heavy atom. The normalized spacial score (nSPS) is 19.8. The van der Waals surface area contributed by atoms with Crippen LogP contribution in [-0.2, 0) is 28.4 Å². The van der Waals surface area contributed by atoms with Crippen molar-refractivity contribution in [3.05, 3.63) is 0 Å². The van der Waals surface area contributed by atoms with Crippen molar-refractivity contribution in [2.24, 2.45) is 17.8 Å². The fraction of sp³-hybridized carbons (Fsp3) is 0.889. The maximum atomic E-state index is 12.3. The molecule has 210 valence electrons. The Morgan fingerprint density at radius 3 is 1.39 bits per heavy atom. The zero-order valence-corrected chi connectivity index (χ0v) is 23.1. The molecule has 1 fully saturated rings. The molecule has 0 heterocycles. The second-order valence-corrected chi connectivity index (χ2v) is 10.8. The lowest BCUT2D eigenvalue weighted by Crippen LogP contribution is -2.43.